The number of nitrogens with one attached hydrogen (secondary N) is 8. The number of aromatic nitrogens is 12. The Hall–Kier alpha value is -13.6. The first kappa shape index (κ1) is 90.3. The summed E-state index contributed by atoms with van der Waals surface area (Å²) in [6.45, 7) is 18.9. The number of halogens is 4. The van der Waals surface area contributed by atoms with Crippen LogP contribution >= 0.6 is 46.4 Å². The molecule has 4 saturated heterocycles. The maximum atomic E-state index is 6.11. The molecule has 0 radical (unpaired) electrons. The minimum Gasteiger partial charge on any atom is -0.366 e. The van der Waals surface area contributed by atoms with Crippen molar-refractivity contribution in [3.05, 3.63) is 309 Å². The molecule has 20 rings (SSSR count). The highest BCUT2D eigenvalue weighted by Gasteiger charge is 2.22. The fourth-order valence-corrected chi connectivity index (χ4v) is 16.8. The normalized spacial score (nSPS) is 14.1. The van der Waals surface area contributed by atoms with E-state index >= 15 is 0 Å². The van der Waals surface area contributed by atoms with Gasteiger partial charge >= 0.3 is 0 Å². The molecule has 4 fully saturated rings. The molecular weight excluding hydrogens is 1730 g/mol. The average Bonchev–Trinajstić information content (AvgIpc) is 0.814. The molecule has 0 unspecified atom stereocenters. The molecule has 4 aliphatic heterocycles. The first-order valence-electron chi connectivity index (χ1n) is 44.9. The van der Waals surface area contributed by atoms with Crippen LogP contribution in [0.25, 0.3) is 43.6 Å². The summed E-state index contributed by atoms with van der Waals surface area (Å²) < 4.78 is 0. The van der Waals surface area contributed by atoms with Gasteiger partial charge in [0.1, 0.15) is 23.3 Å². The van der Waals surface area contributed by atoms with Crippen LogP contribution in [0.4, 0.5) is 92.6 Å². The SMILES string of the molecule is CN1CCN(c2nccc(NCc3ccc(Nc4ccnc5cc(Cl)ccc45)cc3)n2)CC1.Cc1cc(NCc2ccc(Nc3ccnc4cc(Cl)ccc34)cc2)nc(N2CCCCC2)n1.Cc1cc(NCc2ccc(Nc3ccnc4cc(Cl)ccc34)cc2)nc(N2CCN(C)CC2)n1.Clc1ccc2c(Nc3ccc(CNc4ccnc(N5CCCCC5)n4)cc3)ccnc2c1. The van der Waals surface area contributed by atoms with Gasteiger partial charge in [-0.25, -0.2) is 19.9 Å². The van der Waals surface area contributed by atoms with E-state index in [1.54, 1.807) is 24.8 Å². The lowest BCUT2D eigenvalue weighted by atomic mass is 10.1. The van der Waals surface area contributed by atoms with Gasteiger partial charge in [-0.2, -0.15) is 19.9 Å². The van der Waals surface area contributed by atoms with Crippen molar-refractivity contribution in [2.45, 2.75) is 78.6 Å². The molecule has 672 valence electrons. The van der Waals surface area contributed by atoms with E-state index in [0.29, 0.717) is 46.3 Å². The summed E-state index contributed by atoms with van der Waals surface area (Å²) in [5, 5.41) is 34.6. The summed E-state index contributed by atoms with van der Waals surface area (Å²) in [6, 6.07) is 72.3. The lowest BCUT2D eigenvalue weighted by Gasteiger charge is -2.32. The average molecular weight is 1840 g/mol. The smallest absolute Gasteiger partial charge is 0.227 e. The summed E-state index contributed by atoms with van der Waals surface area (Å²) in [5.41, 5.74) is 18.2. The fraction of sp³-hybridized carbons (Fsp3) is 0.255. The van der Waals surface area contributed by atoms with Gasteiger partial charge in [0, 0.05) is 253 Å². The van der Waals surface area contributed by atoms with Crippen molar-refractivity contribution in [2.75, 3.05) is 155 Å². The van der Waals surface area contributed by atoms with Crippen LogP contribution in [0.3, 0.4) is 0 Å². The second kappa shape index (κ2) is 43.9. The van der Waals surface area contributed by atoms with Crippen LogP contribution < -0.4 is 62.1 Å². The fourth-order valence-electron chi connectivity index (χ4n) is 16.1. The molecule has 0 aliphatic carbocycles. The van der Waals surface area contributed by atoms with Gasteiger partial charge in [-0.05, 0) is 246 Å². The molecule has 8 aromatic carbocycles. The third kappa shape index (κ3) is 24.7. The largest absolute Gasteiger partial charge is 0.366 e. The van der Waals surface area contributed by atoms with Gasteiger partial charge < -0.3 is 71.9 Å². The number of pyridine rings is 4. The number of anilines is 16. The summed E-state index contributed by atoms with van der Waals surface area (Å²) >= 11 is 24.4. The van der Waals surface area contributed by atoms with Crippen molar-refractivity contribution >= 4 is 183 Å². The van der Waals surface area contributed by atoms with Crippen molar-refractivity contribution in [2.24, 2.45) is 0 Å². The van der Waals surface area contributed by atoms with Crippen LogP contribution in [0.1, 0.15) is 72.2 Å². The van der Waals surface area contributed by atoms with E-state index < -0.39 is 0 Å². The number of rotatable bonds is 24. The minimum absolute atomic E-state index is 0.684. The van der Waals surface area contributed by atoms with E-state index in [4.69, 9.17) is 66.3 Å². The summed E-state index contributed by atoms with van der Waals surface area (Å²) in [5.74, 6) is 6.66. The Bertz CT molecular complexity index is 6560. The quantitative estimate of drug-likeness (QED) is 0.0279. The van der Waals surface area contributed by atoms with Gasteiger partial charge in [-0.15, -0.1) is 0 Å². The number of piperazine rings is 2. The lowest BCUT2D eigenvalue weighted by Crippen LogP contribution is -2.45. The van der Waals surface area contributed by atoms with Gasteiger partial charge in [0.05, 0.1) is 22.1 Å². The molecule has 132 heavy (non-hydrogen) atoms. The van der Waals surface area contributed by atoms with Crippen LogP contribution in [0, 0.1) is 13.8 Å². The predicted octanol–water partition coefficient (Wildman–Crippen LogP) is 22.2. The number of piperidine rings is 2. The van der Waals surface area contributed by atoms with Crippen LogP contribution in [0.5, 0.6) is 0 Å². The third-order valence-electron chi connectivity index (χ3n) is 23.5. The molecule has 0 atom stereocenters. The maximum Gasteiger partial charge on any atom is 0.227 e. The Kier molecular flexibility index (Phi) is 30.0. The monoisotopic (exact) mass is 1830 g/mol. The first-order valence-corrected chi connectivity index (χ1v) is 46.4. The first-order chi connectivity index (χ1) is 64.5. The molecule has 8 N–H and O–H groups in total. The molecule has 16 aromatic rings. The van der Waals surface area contributed by atoms with Crippen molar-refractivity contribution < 1.29 is 0 Å². The topological polar surface area (TPSA) is 270 Å². The van der Waals surface area contributed by atoms with Crippen molar-refractivity contribution in [3.8, 4) is 0 Å². The predicted molar refractivity (Wildman–Crippen MR) is 544 cm³/mol. The molecular formula is C102H106Cl4N26. The lowest BCUT2D eigenvalue weighted by molar-refractivity contribution is 0.311. The van der Waals surface area contributed by atoms with E-state index in [9.17, 15) is 0 Å². The van der Waals surface area contributed by atoms with Gasteiger partial charge in [-0.1, -0.05) is 94.9 Å². The standard InChI is InChI=1S/C26H28ClN7.C26H27ClN6.C25H26ClN7.C25H25ClN6/c1-18-15-25(32-26(30-18)34-13-11-33(2)12-14-34)29-17-19-3-6-21(7-4-19)31-23-9-10-28-24-16-20(27)5-8-22(23)24;1-18-15-25(32-26(30-18)33-13-3-2-4-14-33)29-17-19-5-8-21(9-6-19)31-23-11-12-28-24-16-20(27)7-10-22(23)24;1-32-12-14-33(15-13-32)25-28-11-9-24(31-25)29-17-18-2-5-20(6-3-18)30-22-8-10-27-23-16-19(26)4-7-21(22)23;26-19-6-9-21-22(10-12-27-23(21)16-19)30-20-7-4-18(5-8-20)17-29-24-11-13-28-25(31-24)32-14-2-1-3-15-32/h3-10,15-16H,11-14,17H2,1-2H3,(H,28,31)(H,29,30,32);5-12,15-16H,2-4,13-14,17H2,1H3,(H,28,31)(H,29,30,32);2-11,16H,12-15,17H2,1H3,(H,27,30)(H,28,29,31);4-13,16H,1-3,14-15,17H2,(H,27,30)(H,28,29,31). The van der Waals surface area contributed by atoms with E-state index in [1.807, 2.05) is 148 Å². The number of hydrogen-bond acceptors (Lipinski definition) is 26. The van der Waals surface area contributed by atoms with Crippen LogP contribution in [-0.4, -0.2) is 162 Å². The zero-order valence-corrected chi connectivity index (χ0v) is 77.4. The van der Waals surface area contributed by atoms with Gasteiger partial charge in [0.2, 0.25) is 23.8 Å². The second-order valence-corrected chi connectivity index (χ2v) is 35.1. The summed E-state index contributed by atoms with van der Waals surface area (Å²) in [6.07, 6.45) is 18.3. The number of hydrogen-bond donors (Lipinski definition) is 8. The Morgan fingerprint density at radius 2 is 0.508 bits per heavy atom. The van der Waals surface area contributed by atoms with E-state index in [0.717, 1.165) is 226 Å². The van der Waals surface area contributed by atoms with Crippen LogP contribution in [0.15, 0.2) is 256 Å². The molecule has 26 nitrogen and oxygen atoms in total. The van der Waals surface area contributed by atoms with Gasteiger partial charge in [-0.3, -0.25) is 19.9 Å². The molecule has 8 aromatic heterocycles. The third-order valence-corrected chi connectivity index (χ3v) is 24.4. The highest BCUT2D eigenvalue weighted by atomic mass is 35.5. The molecule has 4 aliphatic rings. The molecule has 30 heteroatoms. The molecule has 0 spiro atoms. The zero-order valence-electron chi connectivity index (χ0n) is 74.4. The number of benzene rings is 8. The maximum absolute atomic E-state index is 6.11. The Labute approximate surface area is 789 Å². The second-order valence-electron chi connectivity index (χ2n) is 33.3. The number of aryl methyl sites for hydroxylation is 2. The van der Waals surface area contributed by atoms with Crippen molar-refractivity contribution in [1.82, 2.24) is 69.6 Å². The van der Waals surface area contributed by atoms with Crippen molar-refractivity contribution in [3.63, 3.8) is 0 Å². The molecule has 0 saturated carbocycles. The summed E-state index contributed by atoms with van der Waals surface area (Å²) in [4.78, 5) is 68.5. The van der Waals surface area contributed by atoms with E-state index in [2.05, 4.69) is 223 Å². The minimum atomic E-state index is 0.684. The number of nitrogens with zero attached hydrogens (tertiary/aromatic N) is 18. The van der Waals surface area contributed by atoms with Crippen LogP contribution in [0.2, 0.25) is 20.1 Å². The highest BCUT2D eigenvalue weighted by Crippen LogP contribution is 2.34. The highest BCUT2D eigenvalue weighted by molar-refractivity contribution is 6.32. The van der Waals surface area contributed by atoms with E-state index in [1.165, 1.54) is 60.8 Å². The van der Waals surface area contributed by atoms with Gasteiger partial charge in [0.15, 0.2) is 0 Å². The van der Waals surface area contributed by atoms with Crippen molar-refractivity contribution in [1.29, 1.82) is 0 Å². The van der Waals surface area contributed by atoms with Gasteiger partial charge in [0.25, 0.3) is 0 Å². The van der Waals surface area contributed by atoms with E-state index in [-0.39, 0.29) is 0 Å². The van der Waals surface area contributed by atoms with Crippen LogP contribution in [-0.2, 0) is 26.2 Å². The number of likely N-dealkylation sites (N-methyl/N-ethyl adjacent to an activating group) is 2. The molecule has 0 amide bonds. The summed E-state index contributed by atoms with van der Waals surface area (Å²) in [7, 11) is 4.30. The zero-order chi connectivity index (χ0) is 90.5. The molecule has 0 bridgehead atoms. The number of fused-ring (bicyclic) bond motifs is 4. The Morgan fingerprint density at radius 3 is 0.811 bits per heavy atom. The Balaban J connectivity index is 0.000000123. The molecule has 12 heterocycles. The Morgan fingerprint density at radius 1 is 0.250 bits per heavy atom.